The van der Waals surface area contributed by atoms with Gasteiger partial charge in [-0.3, -0.25) is 9.69 Å². The Morgan fingerprint density at radius 1 is 1.53 bits per heavy atom. The summed E-state index contributed by atoms with van der Waals surface area (Å²) >= 11 is 1.39. The van der Waals surface area contributed by atoms with Crippen LogP contribution in [0.25, 0.3) is 0 Å². The summed E-state index contributed by atoms with van der Waals surface area (Å²) in [5.41, 5.74) is 4.99. The van der Waals surface area contributed by atoms with E-state index in [0.29, 0.717) is 5.75 Å². The molecule has 0 aromatic rings. The largest absolute Gasteiger partial charge is 0.480 e. The summed E-state index contributed by atoms with van der Waals surface area (Å²) in [5, 5.41) is 8.77. The highest BCUT2D eigenvalue weighted by molar-refractivity contribution is 8.00. The Bertz CT molecular complexity index is 349. The van der Waals surface area contributed by atoms with E-state index in [2.05, 4.69) is 0 Å². The Labute approximate surface area is 103 Å². The van der Waals surface area contributed by atoms with Gasteiger partial charge in [-0.2, -0.15) is 0 Å². The summed E-state index contributed by atoms with van der Waals surface area (Å²) in [6.07, 6.45) is 0. The predicted octanol–water partition coefficient (Wildman–Crippen LogP) is -0.628. The highest BCUT2D eigenvalue weighted by atomic mass is 32.2. The molecule has 1 fully saturated rings. The molecule has 1 heterocycles. The van der Waals surface area contributed by atoms with Crippen molar-refractivity contribution in [3.63, 3.8) is 0 Å². The van der Waals surface area contributed by atoms with Crippen LogP contribution in [-0.2, 0) is 9.59 Å². The molecule has 7 nitrogen and oxygen atoms in total. The van der Waals surface area contributed by atoms with Gasteiger partial charge in [0.15, 0.2) is 0 Å². The standard InChI is InChI=1S/C9H15N3O4S/c1-5-12(6(4-17-5)8(14)15)9(16)11(2)3-7(10)13/h5-6H,3-4H2,1-2H3,(H2,10,13)(H,14,15). The van der Waals surface area contributed by atoms with Crippen LogP contribution in [0.1, 0.15) is 6.92 Å². The van der Waals surface area contributed by atoms with E-state index in [1.54, 1.807) is 6.92 Å². The van der Waals surface area contributed by atoms with Crippen LogP contribution < -0.4 is 5.73 Å². The molecule has 2 unspecified atom stereocenters. The topological polar surface area (TPSA) is 104 Å². The average molecular weight is 261 g/mol. The predicted molar refractivity (Wildman–Crippen MR) is 62.4 cm³/mol. The summed E-state index contributed by atoms with van der Waals surface area (Å²) in [6.45, 7) is 1.53. The van der Waals surface area contributed by atoms with Crippen molar-refractivity contribution in [3.05, 3.63) is 0 Å². The minimum Gasteiger partial charge on any atom is -0.480 e. The molecule has 1 saturated heterocycles. The molecule has 1 aliphatic heterocycles. The fourth-order valence-electron chi connectivity index (χ4n) is 1.62. The highest BCUT2D eigenvalue weighted by Gasteiger charge is 2.40. The molecule has 8 heteroatoms. The van der Waals surface area contributed by atoms with Gasteiger partial charge in [0.2, 0.25) is 5.91 Å². The number of hydrogen-bond donors (Lipinski definition) is 2. The van der Waals surface area contributed by atoms with Gasteiger partial charge in [0.25, 0.3) is 0 Å². The molecule has 0 radical (unpaired) electrons. The lowest BCUT2D eigenvalue weighted by Gasteiger charge is -2.29. The molecular formula is C9H15N3O4S. The van der Waals surface area contributed by atoms with Crippen LogP contribution >= 0.6 is 11.8 Å². The Morgan fingerprint density at radius 3 is 2.59 bits per heavy atom. The van der Waals surface area contributed by atoms with E-state index in [-0.39, 0.29) is 11.9 Å². The number of likely N-dealkylation sites (N-methyl/N-ethyl adjacent to an activating group) is 1. The summed E-state index contributed by atoms with van der Waals surface area (Å²) in [4.78, 5) is 36.1. The summed E-state index contributed by atoms with van der Waals surface area (Å²) in [5.74, 6) is -1.32. The number of urea groups is 1. The van der Waals surface area contributed by atoms with Crippen LogP contribution in [0, 0.1) is 0 Å². The van der Waals surface area contributed by atoms with Gasteiger partial charge in [-0.1, -0.05) is 0 Å². The van der Waals surface area contributed by atoms with Crippen LogP contribution in [0.2, 0.25) is 0 Å². The number of carboxylic acids is 1. The van der Waals surface area contributed by atoms with Gasteiger partial charge in [0.1, 0.15) is 12.6 Å². The van der Waals surface area contributed by atoms with E-state index in [1.165, 1.54) is 23.7 Å². The maximum Gasteiger partial charge on any atom is 0.327 e. The smallest absolute Gasteiger partial charge is 0.327 e. The van der Waals surface area contributed by atoms with Crippen molar-refractivity contribution in [3.8, 4) is 0 Å². The van der Waals surface area contributed by atoms with E-state index in [4.69, 9.17) is 10.8 Å². The second-order valence-electron chi connectivity index (χ2n) is 3.80. The number of nitrogens with zero attached hydrogens (tertiary/aromatic N) is 2. The van der Waals surface area contributed by atoms with Gasteiger partial charge in [-0.25, -0.2) is 9.59 Å². The van der Waals surface area contributed by atoms with Gasteiger partial charge in [0, 0.05) is 12.8 Å². The molecule has 2 atom stereocenters. The van der Waals surface area contributed by atoms with Crippen LogP contribution in [0.4, 0.5) is 4.79 Å². The summed E-state index contributed by atoms with van der Waals surface area (Å²) in [6, 6.07) is -1.34. The molecule has 0 aromatic heterocycles. The van der Waals surface area contributed by atoms with Crippen LogP contribution in [0.5, 0.6) is 0 Å². The van der Waals surface area contributed by atoms with E-state index >= 15 is 0 Å². The fraction of sp³-hybridized carbons (Fsp3) is 0.667. The third-order valence-corrected chi connectivity index (χ3v) is 3.67. The van der Waals surface area contributed by atoms with E-state index in [1.807, 2.05) is 0 Å². The first kappa shape index (κ1) is 13.6. The van der Waals surface area contributed by atoms with Crippen molar-refractivity contribution >= 4 is 29.7 Å². The third kappa shape index (κ3) is 3.02. The number of carbonyl (C=O) groups excluding carboxylic acids is 2. The van der Waals surface area contributed by atoms with Gasteiger partial charge in [0.05, 0.1) is 5.37 Å². The lowest BCUT2D eigenvalue weighted by atomic mass is 10.3. The number of rotatable bonds is 3. The molecule has 1 rings (SSSR count). The molecule has 0 aromatic carbocycles. The van der Waals surface area contributed by atoms with Crippen molar-refractivity contribution < 1.29 is 19.5 Å². The van der Waals surface area contributed by atoms with Crippen LogP contribution in [0.15, 0.2) is 0 Å². The number of nitrogens with two attached hydrogens (primary N) is 1. The van der Waals surface area contributed by atoms with Gasteiger partial charge < -0.3 is 15.7 Å². The zero-order valence-corrected chi connectivity index (χ0v) is 10.4. The summed E-state index contributed by atoms with van der Waals surface area (Å²) in [7, 11) is 1.42. The normalized spacial score (nSPS) is 23.5. The van der Waals surface area contributed by atoms with Crippen LogP contribution in [-0.4, -0.2) is 63.6 Å². The average Bonchev–Trinajstić information content (AvgIpc) is 2.58. The second-order valence-corrected chi connectivity index (χ2v) is 5.15. The molecule has 0 saturated carbocycles. The van der Waals surface area contributed by atoms with Crippen molar-refractivity contribution in [2.24, 2.45) is 5.73 Å². The Balaban J connectivity index is 2.78. The first-order valence-corrected chi connectivity index (χ1v) is 6.05. The lowest BCUT2D eigenvalue weighted by molar-refractivity contribution is -0.141. The fourth-order valence-corrected chi connectivity index (χ4v) is 2.78. The van der Waals surface area contributed by atoms with Crippen molar-refractivity contribution in [1.82, 2.24) is 9.80 Å². The van der Waals surface area contributed by atoms with Crippen molar-refractivity contribution in [2.75, 3.05) is 19.3 Å². The van der Waals surface area contributed by atoms with E-state index < -0.39 is 23.9 Å². The Kier molecular flexibility index (Phi) is 4.22. The number of aliphatic carboxylic acids is 1. The Morgan fingerprint density at radius 2 is 2.12 bits per heavy atom. The number of thioether (sulfide) groups is 1. The molecule has 96 valence electrons. The van der Waals surface area contributed by atoms with Crippen molar-refractivity contribution in [1.29, 1.82) is 0 Å². The molecule has 3 N–H and O–H groups in total. The van der Waals surface area contributed by atoms with E-state index in [0.717, 1.165) is 4.90 Å². The number of amides is 3. The monoisotopic (exact) mass is 261 g/mol. The van der Waals surface area contributed by atoms with Gasteiger partial charge in [-0.05, 0) is 6.92 Å². The molecule has 0 spiro atoms. The van der Waals surface area contributed by atoms with E-state index in [9.17, 15) is 14.4 Å². The summed E-state index contributed by atoms with van der Waals surface area (Å²) < 4.78 is 0. The minimum atomic E-state index is -1.04. The molecular weight excluding hydrogens is 246 g/mol. The Hall–Kier alpha value is -1.44. The number of hydrogen-bond acceptors (Lipinski definition) is 4. The number of carboxylic acid groups (broad SMARTS) is 1. The first-order chi connectivity index (χ1) is 7.84. The van der Waals surface area contributed by atoms with Gasteiger partial charge in [-0.15, -0.1) is 11.8 Å². The zero-order chi connectivity index (χ0) is 13.2. The third-order valence-electron chi connectivity index (χ3n) is 2.45. The number of primary amides is 1. The zero-order valence-electron chi connectivity index (χ0n) is 9.62. The first-order valence-electron chi connectivity index (χ1n) is 5.00. The molecule has 1 aliphatic rings. The maximum atomic E-state index is 12.0. The quantitative estimate of drug-likeness (QED) is 0.704. The minimum absolute atomic E-state index is 0.223. The molecule has 3 amide bonds. The maximum absolute atomic E-state index is 12.0. The molecule has 0 bridgehead atoms. The SMILES string of the molecule is CC1SCC(C(=O)O)N1C(=O)N(C)CC(N)=O. The molecule has 17 heavy (non-hydrogen) atoms. The lowest BCUT2D eigenvalue weighted by Crippen LogP contribution is -2.51. The van der Waals surface area contributed by atoms with Crippen molar-refractivity contribution in [2.45, 2.75) is 18.3 Å². The van der Waals surface area contributed by atoms with Gasteiger partial charge >= 0.3 is 12.0 Å². The second kappa shape index (κ2) is 5.26. The highest BCUT2D eigenvalue weighted by Crippen LogP contribution is 2.29. The number of carbonyl (C=O) groups is 3. The molecule has 0 aliphatic carbocycles. The van der Waals surface area contributed by atoms with Crippen LogP contribution in [0.3, 0.4) is 0 Å².